The summed E-state index contributed by atoms with van der Waals surface area (Å²) >= 11 is 0. The van der Waals surface area contributed by atoms with E-state index in [1.54, 1.807) is 19.1 Å². The summed E-state index contributed by atoms with van der Waals surface area (Å²) in [5.41, 5.74) is 0.0241. The molecule has 0 unspecified atom stereocenters. The van der Waals surface area contributed by atoms with Gasteiger partial charge in [-0.3, -0.25) is 9.59 Å². The largest absolute Gasteiger partial charge is 0.504 e. The number of aryl methyl sites for hydroxylation is 1. The van der Waals surface area contributed by atoms with E-state index in [-0.39, 0.29) is 35.6 Å². The molecule has 1 aliphatic carbocycles. The van der Waals surface area contributed by atoms with Gasteiger partial charge in [-0.15, -0.1) is 0 Å². The number of phenols is 1. The molecule has 0 bridgehead atoms. The van der Waals surface area contributed by atoms with Crippen LogP contribution >= 0.6 is 0 Å². The Morgan fingerprint density at radius 2 is 1.94 bits per heavy atom. The Balaban J connectivity index is 1.51. The first-order chi connectivity index (χ1) is 15.8. The van der Waals surface area contributed by atoms with Crippen molar-refractivity contribution in [2.24, 2.45) is 5.92 Å². The van der Waals surface area contributed by atoms with Gasteiger partial charge >= 0.3 is 0 Å². The van der Waals surface area contributed by atoms with Crippen molar-refractivity contribution in [3.8, 4) is 17.2 Å². The quantitative estimate of drug-likeness (QED) is 0.560. The lowest BCUT2D eigenvalue weighted by Crippen LogP contribution is -2.45. The first-order valence-electron chi connectivity index (χ1n) is 11.6. The van der Waals surface area contributed by atoms with Crippen LogP contribution in [0.15, 0.2) is 33.5 Å². The van der Waals surface area contributed by atoms with Crippen LogP contribution in [-0.4, -0.2) is 53.8 Å². The number of benzene rings is 1. The zero-order valence-corrected chi connectivity index (χ0v) is 19.2. The van der Waals surface area contributed by atoms with Crippen molar-refractivity contribution in [2.75, 3.05) is 26.7 Å². The number of rotatable bonds is 8. The van der Waals surface area contributed by atoms with Gasteiger partial charge in [0.05, 0.1) is 13.0 Å². The van der Waals surface area contributed by atoms with Crippen LogP contribution in [0, 0.1) is 12.8 Å². The maximum absolute atomic E-state index is 13.0. The van der Waals surface area contributed by atoms with Gasteiger partial charge in [0.2, 0.25) is 17.1 Å². The van der Waals surface area contributed by atoms with Crippen molar-refractivity contribution in [3.05, 3.63) is 51.6 Å². The molecule has 2 aliphatic rings. The Morgan fingerprint density at radius 1 is 1.21 bits per heavy atom. The predicted octanol–water partition coefficient (Wildman–Crippen LogP) is 2.88. The number of hydrogen-bond donors (Lipinski definition) is 3. The van der Waals surface area contributed by atoms with Crippen LogP contribution in [0.4, 0.5) is 0 Å². The Morgan fingerprint density at radius 3 is 2.61 bits per heavy atom. The third-order valence-corrected chi connectivity index (χ3v) is 6.55. The minimum Gasteiger partial charge on any atom is -0.504 e. The highest BCUT2D eigenvalue weighted by atomic mass is 16.5. The molecule has 2 heterocycles. The molecule has 1 aromatic carbocycles. The Kier molecular flexibility index (Phi) is 6.93. The number of carbonyl (C=O) groups excluding carboxylic acids is 1. The minimum atomic E-state index is -0.720. The van der Waals surface area contributed by atoms with E-state index in [0.717, 1.165) is 38.4 Å². The Labute approximate surface area is 193 Å². The van der Waals surface area contributed by atoms with Crippen LogP contribution in [-0.2, 0) is 4.79 Å². The fraction of sp³-hybridized carbons (Fsp3) is 0.520. The number of nitrogens with one attached hydrogen (secondary N) is 1. The first kappa shape index (κ1) is 23.2. The Bertz CT molecular complexity index is 1050. The zero-order valence-electron chi connectivity index (χ0n) is 19.2. The SMILES string of the molecule is COc1cc([C@@H](CC(=O)NC2CCN(CC3CC3)CC2)c2oc(C)cc(=O)c2O)ccc1O. The molecule has 1 saturated heterocycles. The highest BCUT2D eigenvalue weighted by Gasteiger charge is 2.30. The zero-order chi connectivity index (χ0) is 23.5. The number of hydrogen-bond acceptors (Lipinski definition) is 7. The van der Waals surface area contributed by atoms with Crippen LogP contribution < -0.4 is 15.5 Å². The van der Waals surface area contributed by atoms with Gasteiger partial charge in [0, 0.05) is 38.2 Å². The highest BCUT2D eigenvalue weighted by molar-refractivity contribution is 5.78. The van der Waals surface area contributed by atoms with Gasteiger partial charge in [0.15, 0.2) is 17.3 Å². The molecule has 1 atom stereocenters. The maximum atomic E-state index is 13.0. The molecule has 2 aromatic rings. The third-order valence-electron chi connectivity index (χ3n) is 6.55. The monoisotopic (exact) mass is 456 g/mol. The molecule has 3 N–H and O–H groups in total. The van der Waals surface area contributed by atoms with Crippen molar-refractivity contribution < 1.29 is 24.2 Å². The number of piperidine rings is 1. The number of nitrogens with zero attached hydrogens (tertiary/aromatic N) is 1. The van der Waals surface area contributed by atoms with Crippen LogP contribution in [0.1, 0.15) is 55.1 Å². The van der Waals surface area contributed by atoms with Crippen molar-refractivity contribution in [2.45, 2.75) is 51.0 Å². The lowest BCUT2D eigenvalue weighted by Gasteiger charge is -2.32. The summed E-state index contributed by atoms with van der Waals surface area (Å²) in [4.78, 5) is 27.7. The lowest BCUT2D eigenvalue weighted by atomic mass is 9.91. The summed E-state index contributed by atoms with van der Waals surface area (Å²) < 4.78 is 10.9. The second-order valence-electron chi connectivity index (χ2n) is 9.21. The smallest absolute Gasteiger partial charge is 0.227 e. The number of carbonyl (C=O) groups is 1. The molecule has 0 spiro atoms. The molecule has 1 aliphatic heterocycles. The van der Waals surface area contributed by atoms with E-state index in [1.807, 2.05) is 0 Å². The Hall–Kier alpha value is -3.00. The summed E-state index contributed by atoms with van der Waals surface area (Å²) in [7, 11) is 1.43. The fourth-order valence-corrected chi connectivity index (χ4v) is 4.53. The summed E-state index contributed by atoms with van der Waals surface area (Å²) in [5, 5.41) is 23.5. The minimum absolute atomic E-state index is 0.0177. The summed E-state index contributed by atoms with van der Waals surface area (Å²) in [6, 6.07) is 5.99. The van der Waals surface area contributed by atoms with E-state index in [1.165, 1.54) is 32.1 Å². The maximum Gasteiger partial charge on any atom is 0.227 e. The molecule has 1 amide bonds. The van der Waals surface area contributed by atoms with Gasteiger partial charge in [0.1, 0.15) is 5.76 Å². The summed E-state index contributed by atoms with van der Waals surface area (Å²) in [6.07, 6.45) is 4.46. The van der Waals surface area contributed by atoms with Crippen molar-refractivity contribution in [3.63, 3.8) is 0 Å². The third kappa shape index (κ3) is 5.68. The molecule has 8 nitrogen and oxygen atoms in total. The van der Waals surface area contributed by atoms with Gasteiger partial charge in [0.25, 0.3) is 0 Å². The molecular formula is C25H32N2O6. The van der Waals surface area contributed by atoms with Gasteiger partial charge < -0.3 is 29.6 Å². The standard InChI is InChI=1S/C25H32N2O6/c1-15-11-21(29)24(31)25(33-15)19(17-5-6-20(28)22(12-17)32-2)13-23(30)26-18-7-9-27(10-8-18)14-16-3-4-16/h5-6,11-12,16,18-19,28,31H,3-4,7-10,13-14H2,1-2H3,(H,26,30)/t19-/m1/s1. The van der Waals surface area contributed by atoms with Gasteiger partial charge in [-0.25, -0.2) is 0 Å². The molecule has 2 fully saturated rings. The van der Waals surface area contributed by atoms with Crippen molar-refractivity contribution in [1.29, 1.82) is 0 Å². The van der Waals surface area contributed by atoms with E-state index in [0.29, 0.717) is 11.3 Å². The molecule has 33 heavy (non-hydrogen) atoms. The van der Waals surface area contributed by atoms with Gasteiger partial charge in [-0.05, 0) is 56.2 Å². The van der Waals surface area contributed by atoms with Gasteiger partial charge in [-0.2, -0.15) is 0 Å². The van der Waals surface area contributed by atoms with E-state index in [4.69, 9.17) is 9.15 Å². The lowest BCUT2D eigenvalue weighted by molar-refractivity contribution is -0.122. The molecule has 0 radical (unpaired) electrons. The summed E-state index contributed by atoms with van der Waals surface area (Å²) in [6.45, 7) is 4.74. The molecule has 8 heteroatoms. The van der Waals surface area contributed by atoms with Crippen LogP contribution in [0.25, 0.3) is 0 Å². The fourth-order valence-electron chi connectivity index (χ4n) is 4.53. The second kappa shape index (κ2) is 9.87. The number of aromatic hydroxyl groups is 2. The van der Waals surface area contributed by atoms with Gasteiger partial charge in [-0.1, -0.05) is 6.07 Å². The number of phenolic OH excluding ortho intramolecular Hbond substituents is 1. The molecule has 1 aromatic heterocycles. The molecule has 178 valence electrons. The number of methoxy groups -OCH3 is 1. The number of amides is 1. The molecule has 4 rings (SSSR count). The average molecular weight is 457 g/mol. The van der Waals surface area contributed by atoms with Crippen molar-refractivity contribution >= 4 is 5.91 Å². The average Bonchev–Trinajstić information content (AvgIpc) is 3.60. The summed E-state index contributed by atoms with van der Waals surface area (Å²) in [5.74, 6) is -0.00475. The van der Waals surface area contributed by atoms with E-state index in [2.05, 4.69) is 10.2 Å². The topological polar surface area (TPSA) is 112 Å². The molecule has 1 saturated carbocycles. The van der Waals surface area contributed by atoms with Crippen molar-refractivity contribution in [1.82, 2.24) is 10.2 Å². The first-order valence-corrected chi connectivity index (χ1v) is 11.6. The van der Waals surface area contributed by atoms with Crippen LogP contribution in [0.3, 0.4) is 0 Å². The molecular weight excluding hydrogens is 424 g/mol. The van der Waals surface area contributed by atoms with E-state index >= 15 is 0 Å². The highest BCUT2D eigenvalue weighted by Crippen LogP contribution is 2.37. The van der Waals surface area contributed by atoms with E-state index in [9.17, 15) is 19.8 Å². The second-order valence-corrected chi connectivity index (χ2v) is 9.21. The predicted molar refractivity (Wildman–Crippen MR) is 123 cm³/mol. The van der Waals surface area contributed by atoms with Crippen LogP contribution in [0.5, 0.6) is 17.2 Å². The number of likely N-dealkylation sites (tertiary alicyclic amines) is 1. The normalized spacial score (nSPS) is 18.1. The number of ether oxygens (including phenoxy) is 1. The van der Waals surface area contributed by atoms with E-state index < -0.39 is 17.1 Å². The van der Waals surface area contributed by atoms with Crippen LogP contribution in [0.2, 0.25) is 0 Å².